The number of nitrogens with zero attached hydrogens (tertiary/aromatic N) is 1. The molecule has 3 aromatic rings. The zero-order valence-electron chi connectivity index (χ0n) is 19.2. The van der Waals surface area contributed by atoms with Crippen LogP contribution in [0.4, 0.5) is 4.79 Å². The number of carbonyl (C=O) groups excluding carboxylic acids is 2. The SMILES string of the molecule is COc1ccc(CC2OC(=O)N(CCCc3ccc(Oc4ccccc4)cc3)C2=O)c(OC)c1. The van der Waals surface area contributed by atoms with Gasteiger partial charge in [-0.1, -0.05) is 36.4 Å². The highest BCUT2D eigenvalue weighted by Gasteiger charge is 2.40. The first-order valence-electron chi connectivity index (χ1n) is 11.1. The lowest BCUT2D eigenvalue weighted by atomic mass is 10.1. The summed E-state index contributed by atoms with van der Waals surface area (Å²) in [6, 6.07) is 22.7. The minimum Gasteiger partial charge on any atom is -0.497 e. The van der Waals surface area contributed by atoms with Crippen LogP contribution < -0.4 is 14.2 Å². The number of benzene rings is 3. The lowest BCUT2D eigenvalue weighted by molar-refractivity contribution is -0.129. The van der Waals surface area contributed by atoms with Crippen LogP contribution in [0.3, 0.4) is 0 Å². The highest BCUT2D eigenvalue weighted by molar-refractivity contribution is 6.00. The maximum Gasteiger partial charge on any atom is 0.417 e. The summed E-state index contributed by atoms with van der Waals surface area (Å²) in [7, 11) is 3.12. The molecule has 0 aromatic heterocycles. The first-order chi connectivity index (χ1) is 16.6. The molecule has 0 bridgehead atoms. The predicted octanol–water partition coefficient (Wildman–Crippen LogP) is 5.02. The first-order valence-corrected chi connectivity index (χ1v) is 11.1. The minimum atomic E-state index is -0.857. The molecule has 1 heterocycles. The van der Waals surface area contributed by atoms with Crippen LogP contribution in [-0.4, -0.2) is 43.8 Å². The van der Waals surface area contributed by atoms with Crippen molar-refractivity contribution in [2.24, 2.45) is 0 Å². The molecule has 0 N–H and O–H groups in total. The molecule has 7 nitrogen and oxygen atoms in total. The second-order valence-electron chi connectivity index (χ2n) is 7.91. The van der Waals surface area contributed by atoms with Gasteiger partial charge in [-0.25, -0.2) is 9.69 Å². The lowest BCUT2D eigenvalue weighted by Crippen LogP contribution is -2.33. The summed E-state index contributed by atoms with van der Waals surface area (Å²) < 4.78 is 21.8. The summed E-state index contributed by atoms with van der Waals surface area (Å²) in [4.78, 5) is 26.3. The summed E-state index contributed by atoms with van der Waals surface area (Å²) >= 11 is 0. The van der Waals surface area contributed by atoms with Crippen LogP contribution >= 0.6 is 0 Å². The summed E-state index contributed by atoms with van der Waals surface area (Å²) in [5, 5.41) is 0. The average Bonchev–Trinajstić information content (AvgIpc) is 3.13. The van der Waals surface area contributed by atoms with E-state index in [-0.39, 0.29) is 12.3 Å². The standard InChI is InChI=1S/C27H27NO6/c1-31-23-15-12-20(24(18-23)32-2)17-25-26(29)28(27(30)34-25)16-6-7-19-10-13-22(14-11-19)33-21-8-4-3-5-9-21/h3-5,8-15,18,25H,6-7,16-17H2,1-2H3. The molecule has 0 saturated carbocycles. The zero-order chi connectivity index (χ0) is 23.9. The van der Waals surface area contributed by atoms with Gasteiger partial charge >= 0.3 is 6.09 Å². The van der Waals surface area contributed by atoms with Gasteiger partial charge in [0.2, 0.25) is 0 Å². The van der Waals surface area contributed by atoms with Gasteiger partial charge in [0.25, 0.3) is 5.91 Å². The van der Waals surface area contributed by atoms with E-state index in [0.717, 1.165) is 29.0 Å². The highest BCUT2D eigenvalue weighted by atomic mass is 16.6. The van der Waals surface area contributed by atoms with Crippen molar-refractivity contribution in [1.82, 2.24) is 4.90 Å². The number of aryl methyl sites for hydroxylation is 1. The molecule has 1 aliphatic rings. The number of para-hydroxylation sites is 1. The predicted molar refractivity (Wildman–Crippen MR) is 127 cm³/mol. The van der Waals surface area contributed by atoms with Crippen LogP contribution in [0.15, 0.2) is 72.8 Å². The number of methoxy groups -OCH3 is 2. The fraction of sp³-hybridized carbons (Fsp3) is 0.259. The van der Waals surface area contributed by atoms with Crippen molar-refractivity contribution in [2.75, 3.05) is 20.8 Å². The molecule has 1 unspecified atom stereocenters. The minimum absolute atomic E-state index is 0.247. The Labute approximate surface area is 198 Å². The molecule has 176 valence electrons. The number of hydrogen-bond donors (Lipinski definition) is 0. The largest absolute Gasteiger partial charge is 0.497 e. The third kappa shape index (κ3) is 5.49. The molecule has 1 fully saturated rings. The van der Waals surface area contributed by atoms with Gasteiger partial charge in [-0.05, 0) is 54.3 Å². The Morgan fingerprint density at radius 3 is 2.26 bits per heavy atom. The van der Waals surface area contributed by atoms with Gasteiger partial charge in [-0.2, -0.15) is 0 Å². The molecule has 3 aromatic carbocycles. The second-order valence-corrected chi connectivity index (χ2v) is 7.91. The maximum absolute atomic E-state index is 12.8. The third-order valence-corrected chi connectivity index (χ3v) is 5.65. The molecule has 0 radical (unpaired) electrons. The fourth-order valence-electron chi connectivity index (χ4n) is 3.84. The molecule has 1 atom stereocenters. The number of ether oxygens (including phenoxy) is 4. The fourth-order valence-corrected chi connectivity index (χ4v) is 3.84. The van der Waals surface area contributed by atoms with Crippen molar-refractivity contribution in [3.8, 4) is 23.0 Å². The first kappa shape index (κ1) is 23.2. The van der Waals surface area contributed by atoms with E-state index >= 15 is 0 Å². The normalized spacial score (nSPS) is 15.2. The number of carbonyl (C=O) groups is 2. The van der Waals surface area contributed by atoms with Crippen molar-refractivity contribution in [2.45, 2.75) is 25.4 Å². The topological polar surface area (TPSA) is 74.3 Å². The van der Waals surface area contributed by atoms with Crippen molar-refractivity contribution in [1.29, 1.82) is 0 Å². The van der Waals surface area contributed by atoms with E-state index in [4.69, 9.17) is 18.9 Å². The molecule has 2 amide bonds. The molecule has 34 heavy (non-hydrogen) atoms. The lowest BCUT2D eigenvalue weighted by Gasteiger charge is -2.13. The Morgan fingerprint density at radius 1 is 0.853 bits per heavy atom. The van der Waals surface area contributed by atoms with Crippen molar-refractivity contribution >= 4 is 12.0 Å². The van der Waals surface area contributed by atoms with E-state index in [1.54, 1.807) is 26.4 Å². The number of cyclic esters (lactones) is 1. The van der Waals surface area contributed by atoms with Crippen LogP contribution in [-0.2, 0) is 22.4 Å². The van der Waals surface area contributed by atoms with Crippen LogP contribution in [0.25, 0.3) is 0 Å². The quantitative estimate of drug-likeness (QED) is 0.422. The van der Waals surface area contributed by atoms with E-state index in [9.17, 15) is 9.59 Å². The number of hydrogen-bond acceptors (Lipinski definition) is 6. The number of rotatable bonds is 10. The van der Waals surface area contributed by atoms with Gasteiger partial charge < -0.3 is 18.9 Å². The second kappa shape index (κ2) is 10.7. The smallest absolute Gasteiger partial charge is 0.417 e. The van der Waals surface area contributed by atoms with E-state index in [1.807, 2.05) is 60.7 Å². The van der Waals surface area contributed by atoms with E-state index in [0.29, 0.717) is 24.5 Å². The Bertz CT molecular complexity index is 1130. The summed E-state index contributed by atoms with van der Waals surface area (Å²) in [5.41, 5.74) is 1.87. The van der Waals surface area contributed by atoms with Gasteiger partial charge in [0.1, 0.15) is 23.0 Å². The van der Waals surface area contributed by atoms with Crippen molar-refractivity contribution in [3.63, 3.8) is 0 Å². The van der Waals surface area contributed by atoms with E-state index < -0.39 is 12.2 Å². The number of imide groups is 1. The molecule has 0 spiro atoms. The molecule has 4 rings (SSSR count). The monoisotopic (exact) mass is 461 g/mol. The van der Waals surface area contributed by atoms with Crippen LogP contribution in [0.1, 0.15) is 17.5 Å². The maximum atomic E-state index is 12.8. The Kier molecular flexibility index (Phi) is 7.32. The van der Waals surface area contributed by atoms with Gasteiger partial charge in [0.05, 0.1) is 14.2 Å². The summed E-state index contributed by atoms with van der Waals surface area (Å²) in [6.45, 7) is 0.302. The third-order valence-electron chi connectivity index (χ3n) is 5.65. The van der Waals surface area contributed by atoms with Crippen molar-refractivity contribution < 1.29 is 28.5 Å². The molecular formula is C27H27NO6. The van der Waals surface area contributed by atoms with Crippen molar-refractivity contribution in [3.05, 3.63) is 83.9 Å². The van der Waals surface area contributed by atoms with E-state index in [2.05, 4.69) is 0 Å². The van der Waals surface area contributed by atoms with Gasteiger partial charge in [-0.3, -0.25) is 4.79 Å². The Morgan fingerprint density at radius 2 is 1.56 bits per heavy atom. The molecule has 1 aliphatic heterocycles. The van der Waals surface area contributed by atoms with Crippen LogP contribution in [0, 0.1) is 0 Å². The highest BCUT2D eigenvalue weighted by Crippen LogP contribution is 2.28. The zero-order valence-corrected chi connectivity index (χ0v) is 19.2. The Balaban J connectivity index is 1.29. The van der Waals surface area contributed by atoms with Gasteiger partial charge in [-0.15, -0.1) is 0 Å². The van der Waals surface area contributed by atoms with Gasteiger partial charge in [0, 0.05) is 19.0 Å². The summed E-state index contributed by atoms with van der Waals surface area (Å²) in [5.74, 6) is 2.45. The molecule has 7 heteroatoms. The van der Waals surface area contributed by atoms with Crippen LogP contribution in [0.5, 0.6) is 23.0 Å². The van der Waals surface area contributed by atoms with E-state index in [1.165, 1.54) is 4.90 Å². The Hall–Kier alpha value is -4.00. The molecule has 1 saturated heterocycles. The average molecular weight is 462 g/mol. The molecular weight excluding hydrogens is 434 g/mol. The summed E-state index contributed by atoms with van der Waals surface area (Å²) in [6.07, 6.45) is 0.146. The molecule has 0 aliphatic carbocycles. The number of amides is 2. The van der Waals surface area contributed by atoms with Gasteiger partial charge in [0.15, 0.2) is 6.10 Å². The van der Waals surface area contributed by atoms with Crippen LogP contribution in [0.2, 0.25) is 0 Å².